The van der Waals surface area contributed by atoms with Crippen LogP contribution in [-0.4, -0.2) is 47.3 Å². The molecule has 3 aromatic rings. The van der Waals surface area contributed by atoms with Gasteiger partial charge in [0.05, 0.1) is 33.8 Å². The Balaban J connectivity index is 1.45. The van der Waals surface area contributed by atoms with Crippen LogP contribution in [0, 0.1) is 5.92 Å². The molecule has 4 bridgehead atoms. The van der Waals surface area contributed by atoms with Crippen LogP contribution >= 0.6 is 0 Å². The zero-order valence-electron chi connectivity index (χ0n) is 27.6. The summed E-state index contributed by atoms with van der Waals surface area (Å²) in [5, 5.41) is 5.64. The lowest BCUT2D eigenvalue weighted by Gasteiger charge is -2.21. The normalized spacial score (nSPS) is 19.7. The monoisotopic (exact) mass is 663 g/mol. The van der Waals surface area contributed by atoms with Crippen LogP contribution in [0.3, 0.4) is 0 Å². The van der Waals surface area contributed by atoms with Crippen molar-refractivity contribution in [2.45, 2.75) is 101 Å². The van der Waals surface area contributed by atoms with Crippen LogP contribution in [0.25, 0.3) is 11.3 Å². The molecule has 3 aliphatic rings. The van der Waals surface area contributed by atoms with E-state index in [1.807, 2.05) is 6.07 Å². The fourth-order valence-corrected chi connectivity index (χ4v) is 8.14. The van der Waals surface area contributed by atoms with E-state index in [9.17, 15) is 18.0 Å². The first kappa shape index (κ1) is 34.2. The van der Waals surface area contributed by atoms with Crippen LogP contribution < -0.4 is 21.1 Å². The predicted octanol–water partition coefficient (Wildman–Crippen LogP) is 6.68. The summed E-state index contributed by atoms with van der Waals surface area (Å²) in [7, 11) is -3.50. The second-order valence-electron chi connectivity index (χ2n) is 13.7. The molecule has 2 aromatic carbocycles. The molecule has 252 valence electrons. The van der Waals surface area contributed by atoms with Gasteiger partial charge < -0.3 is 25.8 Å². The number of aromatic nitrogens is 2. The molecular formula is C35H45N5O6S. The first-order valence-electron chi connectivity index (χ1n) is 16.3. The fraction of sp³-hybridized carbons (Fsp3) is 0.486. The molecule has 1 fully saturated rings. The van der Waals surface area contributed by atoms with Crippen LogP contribution in [-0.2, 0) is 21.1 Å². The number of para-hydroxylation sites is 1. The Morgan fingerprint density at radius 2 is 1.83 bits per heavy atom. The highest BCUT2D eigenvalue weighted by atomic mass is 32.2. The van der Waals surface area contributed by atoms with Crippen LogP contribution in [0.15, 0.2) is 53.6 Å². The third kappa shape index (κ3) is 8.22. The second kappa shape index (κ2) is 13.9. The van der Waals surface area contributed by atoms with E-state index in [-0.39, 0.29) is 18.1 Å². The number of alkyl carbamates (subject to hydrolysis) is 1. The van der Waals surface area contributed by atoms with Gasteiger partial charge in [-0.1, -0.05) is 56.9 Å². The van der Waals surface area contributed by atoms with Crippen LogP contribution in [0.2, 0.25) is 0 Å². The molecule has 12 heteroatoms. The van der Waals surface area contributed by atoms with E-state index in [2.05, 4.69) is 27.5 Å². The van der Waals surface area contributed by atoms with Gasteiger partial charge in [0, 0.05) is 17.7 Å². The number of ether oxygens (including phenoxy) is 2. The van der Waals surface area contributed by atoms with Crippen molar-refractivity contribution in [2.75, 3.05) is 17.7 Å². The van der Waals surface area contributed by atoms with Crippen molar-refractivity contribution in [2.24, 2.45) is 5.92 Å². The number of nitrogens with one attached hydrogen (secondary N) is 2. The Labute approximate surface area is 277 Å². The molecule has 1 atom stereocenters. The first-order valence-corrected chi connectivity index (χ1v) is 17.8. The maximum atomic E-state index is 13.7. The molecule has 1 aliphatic carbocycles. The minimum absolute atomic E-state index is 0.0603. The smallest absolute Gasteiger partial charge is 0.407 e. The average Bonchev–Trinajstić information content (AvgIpc) is 3.80. The predicted molar refractivity (Wildman–Crippen MR) is 181 cm³/mol. The Morgan fingerprint density at radius 3 is 2.53 bits per heavy atom. The van der Waals surface area contributed by atoms with Gasteiger partial charge in [-0.2, -0.15) is 0 Å². The molecule has 3 heterocycles. The molecule has 1 saturated carbocycles. The summed E-state index contributed by atoms with van der Waals surface area (Å²) in [5.74, 6) is 0.0709. The van der Waals surface area contributed by atoms with Crippen LogP contribution in [0.4, 0.5) is 16.3 Å². The highest BCUT2D eigenvalue weighted by molar-refractivity contribution is 7.93. The van der Waals surface area contributed by atoms with Crippen molar-refractivity contribution in [3.63, 3.8) is 0 Å². The van der Waals surface area contributed by atoms with Crippen molar-refractivity contribution in [3.05, 3.63) is 59.9 Å². The van der Waals surface area contributed by atoms with E-state index in [1.54, 1.807) is 57.2 Å². The second-order valence-corrected chi connectivity index (χ2v) is 16.0. The number of fused-ring (bicyclic) bond motifs is 11. The van der Waals surface area contributed by atoms with Gasteiger partial charge in [0.2, 0.25) is 0 Å². The number of hydrogen-bond donors (Lipinski definition) is 3. The number of carbonyl (C=O) groups is 2. The number of nitrogens with zero attached hydrogens (tertiary/aromatic N) is 2. The average molecular weight is 664 g/mol. The lowest BCUT2D eigenvalue weighted by molar-refractivity contribution is 0.0523. The van der Waals surface area contributed by atoms with Gasteiger partial charge in [0.15, 0.2) is 21.3 Å². The summed E-state index contributed by atoms with van der Waals surface area (Å²) >= 11 is 0. The fourth-order valence-electron chi connectivity index (χ4n) is 6.00. The van der Waals surface area contributed by atoms with Crippen LogP contribution in [0.1, 0.15) is 95.1 Å². The van der Waals surface area contributed by atoms with E-state index in [1.165, 1.54) is 6.20 Å². The van der Waals surface area contributed by atoms with Gasteiger partial charge in [-0.15, -0.1) is 0 Å². The van der Waals surface area contributed by atoms with Crippen molar-refractivity contribution in [1.82, 2.24) is 15.3 Å². The molecule has 2 amide bonds. The molecule has 1 unspecified atom stereocenters. The highest BCUT2D eigenvalue weighted by Crippen LogP contribution is 2.51. The minimum atomic E-state index is -3.50. The largest absolute Gasteiger partial charge is 0.491 e. The summed E-state index contributed by atoms with van der Waals surface area (Å²) < 4.78 is 38.3. The topological polar surface area (TPSA) is 163 Å². The molecule has 6 rings (SSSR count). The summed E-state index contributed by atoms with van der Waals surface area (Å²) in [5.41, 5.74) is 7.40. The van der Waals surface area contributed by atoms with Gasteiger partial charge in [-0.05, 0) is 70.6 Å². The SMILES string of the molecule is CC1CCCCCCOc2c(CNC(=O)OC(C)(C)C)cccc2NC(=O)c2nc(cnc2N)-c2ccc(cc2)S(=O)(=O)C2(CC2)C1. The third-order valence-electron chi connectivity index (χ3n) is 8.58. The number of benzene rings is 2. The summed E-state index contributed by atoms with van der Waals surface area (Å²) in [6, 6.07) is 11.9. The molecule has 1 spiro atoms. The maximum absolute atomic E-state index is 13.7. The zero-order chi connectivity index (χ0) is 33.8. The minimum Gasteiger partial charge on any atom is -0.491 e. The molecule has 0 saturated heterocycles. The van der Waals surface area contributed by atoms with E-state index < -0.39 is 32.2 Å². The van der Waals surface area contributed by atoms with Crippen molar-refractivity contribution >= 4 is 33.3 Å². The Hall–Kier alpha value is -4.19. The quantitative estimate of drug-likeness (QED) is 0.271. The third-order valence-corrected chi connectivity index (χ3v) is 11.2. The number of carbonyl (C=O) groups excluding carboxylic acids is 2. The first-order chi connectivity index (χ1) is 22.3. The number of sulfone groups is 1. The Kier molecular flexibility index (Phi) is 10.1. The number of hydrogen-bond acceptors (Lipinski definition) is 9. The Morgan fingerprint density at radius 1 is 1.11 bits per heavy atom. The summed E-state index contributed by atoms with van der Waals surface area (Å²) in [6.07, 6.45) is 7.57. The van der Waals surface area contributed by atoms with Crippen molar-refractivity contribution < 1.29 is 27.5 Å². The lowest BCUT2D eigenvalue weighted by atomic mass is 9.97. The van der Waals surface area contributed by atoms with Gasteiger partial charge in [-0.25, -0.2) is 23.2 Å². The Bertz CT molecular complexity index is 1720. The lowest BCUT2D eigenvalue weighted by Crippen LogP contribution is -2.32. The van der Waals surface area contributed by atoms with Gasteiger partial charge in [0.25, 0.3) is 5.91 Å². The summed E-state index contributed by atoms with van der Waals surface area (Å²) in [6.45, 7) is 8.04. The molecule has 47 heavy (non-hydrogen) atoms. The van der Waals surface area contributed by atoms with E-state index in [0.717, 1.165) is 32.1 Å². The molecule has 2 aliphatic heterocycles. The molecule has 4 N–H and O–H groups in total. The van der Waals surface area contributed by atoms with Gasteiger partial charge in [-0.3, -0.25) is 4.79 Å². The highest BCUT2D eigenvalue weighted by Gasteiger charge is 2.55. The number of anilines is 2. The van der Waals surface area contributed by atoms with Crippen LogP contribution in [0.5, 0.6) is 5.75 Å². The van der Waals surface area contributed by atoms with Crippen molar-refractivity contribution in [3.8, 4) is 17.0 Å². The van der Waals surface area contributed by atoms with Crippen molar-refractivity contribution in [1.29, 1.82) is 0 Å². The molecule has 1 aromatic heterocycles. The number of rotatable bonds is 2. The number of nitrogens with two attached hydrogens (primary N) is 1. The molecule has 11 nitrogen and oxygen atoms in total. The standard InChI is InChI=1S/C35H45N5O6S/c1-23-10-7-5-6-8-19-45-30-25(21-38-33(42)46-34(2,3)4)11-9-12-27(30)40-32(41)29-31(36)37-22-28(39-29)24-13-15-26(16-14-24)47(43,44)35(20-23)17-18-35/h9,11-16,22-23H,5-8,10,17-21H2,1-4H3,(H2,36,37)(H,38,42)(H,40,41). The molecule has 0 radical (unpaired) electrons. The zero-order valence-corrected chi connectivity index (χ0v) is 28.4. The summed E-state index contributed by atoms with van der Waals surface area (Å²) in [4.78, 5) is 35.0. The number of nitrogen functional groups attached to an aromatic ring is 1. The number of amides is 2. The van der Waals surface area contributed by atoms with E-state index >= 15 is 0 Å². The van der Waals surface area contributed by atoms with E-state index in [0.29, 0.717) is 64.9 Å². The maximum Gasteiger partial charge on any atom is 0.407 e. The van der Waals surface area contributed by atoms with Gasteiger partial charge in [0.1, 0.15) is 11.4 Å². The van der Waals surface area contributed by atoms with E-state index in [4.69, 9.17) is 15.2 Å². The molecular weight excluding hydrogens is 618 g/mol. The van der Waals surface area contributed by atoms with Gasteiger partial charge >= 0.3 is 6.09 Å².